The summed E-state index contributed by atoms with van der Waals surface area (Å²) in [4.78, 5) is 51.9. The third-order valence-electron chi connectivity index (χ3n) is 10.7. The minimum Gasteiger partial charge on any atom is -0.436 e. The fourth-order valence-electron chi connectivity index (χ4n) is 8.00. The van der Waals surface area contributed by atoms with Gasteiger partial charge in [-0.25, -0.2) is 9.59 Å². The van der Waals surface area contributed by atoms with E-state index < -0.39 is 12.2 Å². The van der Waals surface area contributed by atoms with Gasteiger partial charge in [-0.15, -0.1) is 6.42 Å². The van der Waals surface area contributed by atoms with Crippen LogP contribution in [0.4, 0.5) is 10.5 Å². The number of fused-ring (bicyclic) bond motifs is 3. The lowest BCUT2D eigenvalue weighted by Crippen LogP contribution is -2.49. The highest BCUT2D eigenvalue weighted by Crippen LogP contribution is 2.32. The summed E-state index contributed by atoms with van der Waals surface area (Å²) in [7, 11) is 0. The number of hydrogen-bond acceptors (Lipinski definition) is 7. The van der Waals surface area contributed by atoms with Crippen LogP contribution in [0.3, 0.4) is 0 Å². The molecule has 11 nitrogen and oxygen atoms in total. The van der Waals surface area contributed by atoms with E-state index in [-0.39, 0.29) is 24.1 Å². The van der Waals surface area contributed by atoms with E-state index in [1.807, 2.05) is 29.2 Å². The van der Waals surface area contributed by atoms with Gasteiger partial charge in [0.25, 0.3) is 5.91 Å². The number of halogens is 1. The molecule has 256 valence electrons. The smallest absolute Gasteiger partial charge is 0.410 e. The van der Waals surface area contributed by atoms with Gasteiger partial charge in [-0.05, 0) is 87.2 Å². The van der Waals surface area contributed by atoms with E-state index in [9.17, 15) is 14.4 Å². The van der Waals surface area contributed by atoms with Gasteiger partial charge >= 0.3 is 11.8 Å². The monoisotopic (exact) mass is 683 g/mol. The van der Waals surface area contributed by atoms with Gasteiger partial charge in [-0.2, -0.15) is 0 Å². The lowest BCUT2D eigenvalue weighted by Gasteiger charge is -2.39. The Hall–Kier alpha value is -4.53. The number of nitrogens with two attached hydrogens (primary N) is 1. The van der Waals surface area contributed by atoms with Gasteiger partial charge in [-0.1, -0.05) is 35.7 Å². The summed E-state index contributed by atoms with van der Waals surface area (Å²) in [6, 6.07) is 11.0. The highest BCUT2D eigenvalue weighted by Gasteiger charge is 2.36. The molecule has 0 spiro atoms. The number of benzene rings is 2. The number of pyridine rings is 1. The summed E-state index contributed by atoms with van der Waals surface area (Å²) in [6.45, 7) is 4.12. The number of hydrogen-bond donors (Lipinski definition) is 3. The summed E-state index contributed by atoms with van der Waals surface area (Å²) in [5.74, 6) is 3.62. The average Bonchev–Trinajstić information content (AvgIpc) is 3.49. The Balaban J connectivity index is 1.05. The number of carbonyl (C=O) groups is 2. The number of para-hydroxylation sites is 1. The molecule has 12 heteroatoms. The molecule has 2 aromatic heterocycles. The number of piperidine rings is 3. The van der Waals surface area contributed by atoms with Gasteiger partial charge in [0.1, 0.15) is 0 Å². The normalized spacial score (nSPS) is 18.9. The van der Waals surface area contributed by atoms with E-state index in [4.69, 9.17) is 28.5 Å². The number of aromatic nitrogens is 3. The van der Waals surface area contributed by atoms with Crippen LogP contribution in [0.1, 0.15) is 55.7 Å². The van der Waals surface area contributed by atoms with Crippen molar-refractivity contribution in [2.45, 2.75) is 57.1 Å². The van der Waals surface area contributed by atoms with Crippen LogP contribution in [0.5, 0.6) is 0 Å². The zero-order valence-corrected chi connectivity index (χ0v) is 28.3. The lowest BCUT2D eigenvalue weighted by atomic mass is 9.79. The Labute approximate surface area is 290 Å². The SMILES string of the molecule is C#Cc1cc(C[C@@H](OC(=O)N2CCC(n3c(=O)[nH]c4c5ccccc5ncc43)CC2)C(=O)N2CCC(C3CCNCC3)CC2)cc(Cl)c1N. The van der Waals surface area contributed by atoms with Gasteiger partial charge in [0, 0.05) is 49.6 Å². The maximum atomic E-state index is 14.0. The second-order valence-electron chi connectivity index (χ2n) is 13.6. The quantitative estimate of drug-likeness (QED) is 0.198. The van der Waals surface area contributed by atoms with Crippen LogP contribution < -0.4 is 16.7 Å². The highest BCUT2D eigenvalue weighted by atomic mass is 35.5. The van der Waals surface area contributed by atoms with Crippen molar-refractivity contribution < 1.29 is 14.3 Å². The Morgan fingerprint density at radius 2 is 1.71 bits per heavy atom. The summed E-state index contributed by atoms with van der Waals surface area (Å²) in [5.41, 5.74) is 9.58. The molecule has 49 heavy (non-hydrogen) atoms. The first-order chi connectivity index (χ1) is 23.8. The number of aromatic amines is 1. The number of carbonyl (C=O) groups excluding carboxylic acids is 2. The topological polar surface area (TPSA) is 139 Å². The zero-order valence-electron chi connectivity index (χ0n) is 27.5. The van der Waals surface area contributed by atoms with Crippen molar-refractivity contribution in [1.29, 1.82) is 0 Å². The molecule has 7 rings (SSSR count). The van der Waals surface area contributed by atoms with Crippen LogP contribution in [0.15, 0.2) is 47.4 Å². The Kier molecular flexibility index (Phi) is 9.52. The van der Waals surface area contributed by atoms with Crippen LogP contribution in [-0.2, 0) is 16.0 Å². The maximum Gasteiger partial charge on any atom is 0.410 e. The van der Waals surface area contributed by atoms with E-state index in [2.05, 4.69) is 21.2 Å². The van der Waals surface area contributed by atoms with E-state index in [0.29, 0.717) is 72.7 Å². The Bertz CT molecular complexity index is 1960. The van der Waals surface area contributed by atoms with E-state index in [0.717, 1.165) is 47.9 Å². The minimum atomic E-state index is -1.05. The number of H-pyrrole nitrogens is 1. The first-order valence-electron chi connectivity index (χ1n) is 17.3. The molecule has 3 saturated heterocycles. The molecule has 3 aliphatic heterocycles. The third kappa shape index (κ3) is 6.72. The molecule has 3 fully saturated rings. The Morgan fingerprint density at radius 3 is 2.45 bits per heavy atom. The molecule has 5 heterocycles. The fourth-order valence-corrected chi connectivity index (χ4v) is 8.24. The standard InChI is InChI=1S/C37H42ClN7O4/c1-2-24-19-23(20-29(38)33(24)39)21-32(35(46)43-15-9-26(10-16-43)25-7-13-40-14-8-25)49-37(48)44-17-11-27(12-18-44)45-31-22-41-30-6-4-3-5-28(30)34(31)42-36(45)47/h1,3-6,19-20,22,25-27,32,40H,7-18,21,39H2,(H,42,47)/t32-/m1/s1. The van der Waals surface area contributed by atoms with Gasteiger partial charge in [-0.3, -0.25) is 14.3 Å². The molecule has 0 radical (unpaired) electrons. The summed E-state index contributed by atoms with van der Waals surface area (Å²) in [5, 5.41) is 4.62. The molecule has 1 atom stereocenters. The van der Waals surface area contributed by atoms with Crippen LogP contribution >= 0.6 is 11.6 Å². The van der Waals surface area contributed by atoms with Crippen LogP contribution in [0.2, 0.25) is 5.02 Å². The van der Waals surface area contributed by atoms with Crippen molar-refractivity contribution in [3.8, 4) is 12.3 Å². The molecule has 0 aliphatic carbocycles. The lowest BCUT2D eigenvalue weighted by molar-refractivity contribution is -0.142. The first kappa shape index (κ1) is 33.0. The summed E-state index contributed by atoms with van der Waals surface area (Å²) >= 11 is 6.39. The van der Waals surface area contributed by atoms with E-state index in [1.54, 1.807) is 27.8 Å². The van der Waals surface area contributed by atoms with Gasteiger partial charge in [0.2, 0.25) is 0 Å². The molecular formula is C37H42ClN7O4. The molecule has 3 aliphatic rings. The van der Waals surface area contributed by atoms with E-state index in [1.165, 1.54) is 12.8 Å². The van der Waals surface area contributed by atoms with Crippen molar-refractivity contribution in [2.24, 2.45) is 11.8 Å². The number of ether oxygens (including phenoxy) is 1. The highest BCUT2D eigenvalue weighted by molar-refractivity contribution is 6.33. The third-order valence-corrected chi connectivity index (χ3v) is 11.1. The van der Waals surface area contributed by atoms with Crippen LogP contribution in [0.25, 0.3) is 21.9 Å². The largest absolute Gasteiger partial charge is 0.436 e. The van der Waals surface area contributed by atoms with E-state index >= 15 is 0 Å². The predicted octanol–water partition coefficient (Wildman–Crippen LogP) is 4.72. The van der Waals surface area contributed by atoms with Crippen molar-refractivity contribution in [3.63, 3.8) is 0 Å². The second kappa shape index (κ2) is 14.1. The Morgan fingerprint density at radius 1 is 1.02 bits per heavy atom. The summed E-state index contributed by atoms with van der Waals surface area (Å²) < 4.78 is 7.80. The molecule has 0 saturated carbocycles. The number of nitrogen functional groups attached to an aromatic ring is 1. The van der Waals surface area contributed by atoms with Gasteiger partial charge in [0.15, 0.2) is 6.10 Å². The first-order valence-corrected chi connectivity index (χ1v) is 17.7. The number of likely N-dealkylation sites (tertiary alicyclic amines) is 2. The molecule has 4 aromatic rings. The van der Waals surface area contributed by atoms with Crippen molar-refractivity contribution in [2.75, 3.05) is 45.0 Å². The molecular weight excluding hydrogens is 642 g/mol. The van der Waals surface area contributed by atoms with Gasteiger partial charge < -0.3 is 30.6 Å². The van der Waals surface area contributed by atoms with Crippen molar-refractivity contribution in [1.82, 2.24) is 29.7 Å². The molecule has 0 bridgehead atoms. The number of terminal acetylenes is 1. The van der Waals surface area contributed by atoms with Crippen molar-refractivity contribution in [3.05, 3.63) is 69.2 Å². The molecule has 2 amide bonds. The maximum absolute atomic E-state index is 14.0. The van der Waals surface area contributed by atoms with Crippen molar-refractivity contribution >= 4 is 51.2 Å². The van der Waals surface area contributed by atoms with Crippen LogP contribution in [0, 0.1) is 24.2 Å². The number of nitrogens with one attached hydrogen (secondary N) is 2. The fraction of sp³-hybridized carbons (Fsp3) is 0.459. The number of nitrogens with zero attached hydrogens (tertiary/aromatic N) is 4. The van der Waals surface area contributed by atoms with Gasteiger partial charge in [0.05, 0.1) is 33.5 Å². The molecule has 4 N–H and O–H groups in total. The molecule has 2 aromatic carbocycles. The molecule has 0 unspecified atom stereocenters. The predicted molar refractivity (Wildman–Crippen MR) is 190 cm³/mol. The minimum absolute atomic E-state index is 0.119. The second-order valence-corrected chi connectivity index (χ2v) is 14.0. The number of imidazole rings is 1. The zero-order chi connectivity index (χ0) is 34.1. The average molecular weight is 684 g/mol. The number of anilines is 1. The summed E-state index contributed by atoms with van der Waals surface area (Å²) in [6.07, 6.45) is 11.3. The van der Waals surface area contributed by atoms with Crippen LogP contribution in [-0.4, -0.2) is 81.7 Å². The number of rotatable bonds is 6. The number of amides is 2.